The summed E-state index contributed by atoms with van der Waals surface area (Å²) in [5.74, 6) is 1.33. The average Bonchev–Trinajstić information content (AvgIpc) is 2.95. The number of rotatable bonds is 18. The molecule has 1 aliphatic rings. The van der Waals surface area contributed by atoms with Crippen molar-refractivity contribution in [1.82, 2.24) is 0 Å². The molecule has 0 amide bonds. The van der Waals surface area contributed by atoms with Crippen LogP contribution >= 0.6 is 0 Å². The first kappa shape index (κ1) is 30.2. The summed E-state index contributed by atoms with van der Waals surface area (Å²) in [6, 6.07) is 16.5. The van der Waals surface area contributed by atoms with Gasteiger partial charge in [-0.3, -0.25) is 4.79 Å². The second-order valence-electron chi connectivity index (χ2n) is 10.9. The lowest BCUT2D eigenvalue weighted by atomic mass is 9.87. The normalized spacial score (nSPS) is 17.3. The van der Waals surface area contributed by atoms with E-state index in [1.165, 1.54) is 75.3 Å². The molecule has 38 heavy (non-hydrogen) atoms. The summed E-state index contributed by atoms with van der Waals surface area (Å²) in [5, 5.41) is 0. The summed E-state index contributed by atoms with van der Waals surface area (Å²) in [6.07, 6.45) is 18.6. The van der Waals surface area contributed by atoms with Gasteiger partial charge in [-0.2, -0.15) is 0 Å². The van der Waals surface area contributed by atoms with E-state index in [0.717, 1.165) is 44.3 Å². The number of carbonyl (C=O) groups excluding carboxylic acids is 1. The first-order chi connectivity index (χ1) is 18.7. The fraction of sp³-hybridized carbons (Fsp3) is 0.618. The lowest BCUT2D eigenvalue weighted by Crippen LogP contribution is -2.29. The number of unbranched alkanes of at least 4 members (excludes halogenated alkanes) is 8. The van der Waals surface area contributed by atoms with E-state index >= 15 is 0 Å². The molecule has 0 bridgehead atoms. The molecule has 210 valence electrons. The first-order valence-electron chi connectivity index (χ1n) is 15.3. The van der Waals surface area contributed by atoms with Crippen molar-refractivity contribution in [3.05, 3.63) is 59.7 Å². The molecule has 1 saturated carbocycles. The van der Waals surface area contributed by atoms with Gasteiger partial charge in [0.1, 0.15) is 11.5 Å². The van der Waals surface area contributed by atoms with Crippen LogP contribution in [-0.2, 0) is 22.4 Å². The Balaban J connectivity index is 1.27. The molecule has 0 aromatic heterocycles. The van der Waals surface area contributed by atoms with Crippen molar-refractivity contribution in [3.8, 4) is 11.5 Å². The molecule has 0 saturated heterocycles. The molecular formula is C34H50O4. The highest BCUT2D eigenvalue weighted by Gasteiger charge is 2.28. The Labute approximate surface area is 231 Å². The van der Waals surface area contributed by atoms with Crippen LogP contribution in [0.4, 0.5) is 0 Å². The summed E-state index contributed by atoms with van der Waals surface area (Å²) >= 11 is 0. The van der Waals surface area contributed by atoms with Crippen molar-refractivity contribution < 1.29 is 19.0 Å². The highest BCUT2D eigenvalue weighted by Crippen LogP contribution is 2.28. The van der Waals surface area contributed by atoms with Gasteiger partial charge in [-0.05, 0) is 86.8 Å². The van der Waals surface area contributed by atoms with Crippen LogP contribution in [-0.4, -0.2) is 18.9 Å². The van der Waals surface area contributed by atoms with Gasteiger partial charge < -0.3 is 14.2 Å². The smallest absolute Gasteiger partial charge is 0.314 e. The highest BCUT2D eigenvalue weighted by molar-refractivity contribution is 5.75. The summed E-state index contributed by atoms with van der Waals surface area (Å²) < 4.78 is 17.5. The largest absolute Gasteiger partial charge is 0.468 e. The zero-order valence-electron chi connectivity index (χ0n) is 23.9. The van der Waals surface area contributed by atoms with E-state index in [9.17, 15) is 4.79 Å². The van der Waals surface area contributed by atoms with Gasteiger partial charge in [-0.15, -0.1) is 0 Å². The Morgan fingerprint density at radius 1 is 0.658 bits per heavy atom. The van der Waals surface area contributed by atoms with Crippen LogP contribution in [0.1, 0.15) is 115 Å². The molecule has 0 spiro atoms. The number of hydrogen-bond donors (Lipinski definition) is 0. The fourth-order valence-corrected chi connectivity index (χ4v) is 5.20. The van der Waals surface area contributed by atoms with E-state index in [4.69, 9.17) is 14.2 Å². The minimum Gasteiger partial charge on any atom is -0.468 e. The summed E-state index contributed by atoms with van der Waals surface area (Å²) in [5.41, 5.74) is 2.68. The summed E-state index contributed by atoms with van der Waals surface area (Å²) in [4.78, 5) is 12.7. The third kappa shape index (κ3) is 11.6. The van der Waals surface area contributed by atoms with Gasteiger partial charge in [0.15, 0.2) is 6.79 Å². The molecule has 0 atom stereocenters. The van der Waals surface area contributed by atoms with Crippen molar-refractivity contribution in [2.24, 2.45) is 5.92 Å². The van der Waals surface area contributed by atoms with Crippen molar-refractivity contribution in [3.63, 3.8) is 0 Å². The van der Waals surface area contributed by atoms with E-state index in [1.807, 2.05) is 24.3 Å². The van der Waals surface area contributed by atoms with Gasteiger partial charge in [0, 0.05) is 0 Å². The minimum atomic E-state index is -0.113. The second-order valence-corrected chi connectivity index (χ2v) is 10.9. The van der Waals surface area contributed by atoms with Gasteiger partial charge in [0.25, 0.3) is 0 Å². The lowest BCUT2D eigenvalue weighted by Gasteiger charge is -2.27. The molecule has 4 heteroatoms. The zero-order valence-corrected chi connectivity index (χ0v) is 23.9. The van der Waals surface area contributed by atoms with Crippen LogP contribution in [0.15, 0.2) is 48.5 Å². The van der Waals surface area contributed by atoms with E-state index in [-0.39, 0.29) is 24.8 Å². The van der Waals surface area contributed by atoms with E-state index in [1.54, 1.807) is 0 Å². The quantitative estimate of drug-likeness (QED) is 0.0847. The Morgan fingerprint density at radius 2 is 1.16 bits per heavy atom. The molecule has 0 N–H and O–H groups in total. The average molecular weight is 523 g/mol. The Bertz CT molecular complexity index is 882. The number of esters is 1. The van der Waals surface area contributed by atoms with Crippen molar-refractivity contribution in [2.75, 3.05) is 6.79 Å². The van der Waals surface area contributed by atoms with Crippen LogP contribution in [0, 0.1) is 5.92 Å². The Morgan fingerprint density at radius 3 is 1.68 bits per heavy atom. The molecular weight excluding hydrogens is 472 g/mol. The van der Waals surface area contributed by atoms with Gasteiger partial charge in [-0.1, -0.05) is 89.5 Å². The van der Waals surface area contributed by atoms with Gasteiger partial charge in [0.05, 0.1) is 12.0 Å². The van der Waals surface area contributed by atoms with Crippen molar-refractivity contribution in [1.29, 1.82) is 0 Å². The summed E-state index contributed by atoms with van der Waals surface area (Å²) in [6.45, 7) is 4.74. The standard InChI is InChI=1S/C34H50O4/c1-3-5-7-9-11-13-28-15-21-31(22-16-28)36-27-37-32-25-19-30(20-26-32)34(35)38-33-23-17-29(18-24-33)14-12-10-8-6-4-2/h15-18,21-24,30,32H,3-14,19-20,25-27H2,1-2H3. The van der Waals surface area contributed by atoms with Gasteiger partial charge in [0.2, 0.25) is 0 Å². The van der Waals surface area contributed by atoms with E-state index < -0.39 is 0 Å². The number of ether oxygens (including phenoxy) is 3. The van der Waals surface area contributed by atoms with Crippen LogP contribution in [0.5, 0.6) is 11.5 Å². The van der Waals surface area contributed by atoms with Crippen molar-refractivity contribution in [2.45, 2.75) is 123 Å². The number of hydrogen-bond acceptors (Lipinski definition) is 4. The zero-order chi connectivity index (χ0) is 26.8. The maximum Gasteiger partial charge on any atom is 0.314 e. The Hall–Kier alpha value is -2.33. The monoisotopic (exact) mass is 522 g/mol. The minimum absolute atomic E-state index is 0.0523. The Kier molecular flexibility index (Phi) is 14.3. The lowest BCUT2D eigenvalue weighted by molar-refractivity contribution is -0.141. The topological polar surface area (TPSA) is 44.8 Å². The maximum absolute atomic E-state index is 12.7. The number of benzene rings is 2. The number of carbonyl (C=O) groups is 1. The highest BCUT2D eigenvalue weighted by atomic mass is 16.7. The molecule has 0 radical (unpaired) electrons. The van der Waals surface area contributed by atoms with Crippen LogP contribution < -0.4 is 9.47 Å². The molecule has 0 unspecified atom stereocenters. The van der Waals surface area contributed by atoms with Crippen LogP contribution in [0.25, 0.3) is 0 Å². The first-order valence-corrected chi connectivity index (χ1v) is 15.3. The molecule has 0 aliphatic heterocycles. The predicted octanol–water partition coefficient (Wildman–Crippen LogP) is 9.23. The fourth-order valence-electron chi connectivity index (χ4n) is 5.20. The molecule has 3 rings (SSSR count). The summed E-state index contributed by atoms with van der Waals surface area (Å²) in [7, 11) is 0. The number of aryl methyl sites for hydroxylation is 2. The predicted molar refractivity (Wildman–Crippen MR) is 156 cm³/mol. The third-order valence-corrected chi connectivity index (χ3v) is 7.74. The van der Waals surface area contributed by atoms with Crippen LogP contribution in [0.2, 0.25) is 0 Å². The van der Waals surface area contributed by atoms with E-state index in [2.05, 4.69) is 38.1 Å². The molecule has 1 fully saturated rings. The molecule has 2 aromatic carbocycles. The third-order valence-electron chi connectivity index (χ3n) is 7.74. The van der Waals surface area contributed by atoms with E-state index in [0.29, 0.717) is 5.75 Å². The SMILES string of the molecule is CCCCCCCc1ccc(OCOC2CCC(C(=O)Oc3ccc(CCCCCCC)cc3)CC2)cc1. The molecule has 0 heterocycles. The molecule has 4 nitrogen and oxygen atoms in total. The van der Waals surface area contributed by atoms with Crippen molar-refractivity contribution >= 4 is 5.97 Å². The van der Waals surface area contributed by atoms with Gasteiger partial charge >= 0.3 is 5.97 Å². The molecule has 2 aromatic rings. The van der Waals surface area contributed by atoms with Crippen LogP contribution in [0.3, 0.4) is 0 Å². The maximum atomic E-state index is 12.7. The molecule has 1 aliphatic carbocycles. The second kappa shape index (κ2) is 18.0. The van der Waals surface area contributed by atoms with Gasteiger partial charge in [-0.25, -0.2) is 0 Å².